The van der Waals surface area contributed by atoms with Gasteiger partial charge in [0.25, 0.3) is 11.1 Å². The van der Waals surface area contributed by atoms with E-state index in [1.165, 1.54) is 11.8 Å². The van der Waals surface area contributed by atoms with E-state index in [9.17, 15) is 0 Å². The molecule has 4 aromatic rings. The number of aryl methyl sites for hydroxylation is 1. The zero-order valence-electron chi connectivity index (χ0n) is 13.9. The maximum atomic E-state index is 6.04. The normalized spacial score (nSPS) is 12.2. The van der Waals surface area contributed by atoms with Crippen LogP contribution in [0.4, 0.5) is 0 Å². The minimum absolute atomic E-state index is 0.0206. The fraction of sp³-hybridized carbons (Fsp3) is 0.100. The van der Waals surface area contributed by atoms with E-state index in [0.717, 1.165) is 22.5 Å². The SMILES string of the molecule is Cc1occc1-c1nnc(SC(c2ccccc2)c2ccc(Cl)cc2)o1. The summed E-state index contributed by atoms with van der Waals surface area (Å²) in [5, 5.41) is 9.59. The van der Waals surface area contributed by atoms with Crippen LogP contribution in [-0.2, 0) is 0 Å². The quantitative estimate of drug-likeness (QED) is 0.386. The molecule has 4 rings (SSSR count). The van der Waals surface area contributed by atoms with Crippen molar-refractivity contribution in [3.05, 3.63) is 88.8 Å². The van der Waals surface area contributed by atoms with E-state index < -0.39 is 0 Å². The van der Waals surface area contributed by atoms with Crippen LogP contribution in [0.2, 0.25) is 5.02 Å². The monoisotopic (exact) mass is 382 g/mol. The van der Waals surface area contributed by atoms with Gasteiger partial charge in [0.15, 0.2) is 0 Å². The predicted molar refractivity (Wildman–Crippen MR) is 102 cm³/mol. The highest BCUT2D eigenvalue weighted by Gasteiger charge is 2.20. The van der Waals surface area contributed by atoms with Gasteiger partial charge in [-0.1, -0.05) is 65.8 Å². The molecule has 0 amide bonds. The third kappa shape index (κ3) is 3.54. The van der Waals surface area contributed by atoms with Crippen LogP contribution in [0, 0.1) is 6.92 Å². The molecule has 2 heterocycles. The molecule has 1 atom stereocenters. The molecule has 0 radical (unpaired) electrons. The van der Waals surface area contributed by atoms with Gasteiger partial charge in [-0.2, -0.15) is 0 Å². The molecule has 0 saturated carbocycles. The van der Waals surface area contributed by atoms with Crippen molar-refractivity contribution >= 4 is 23.4 Å². The van der Waals surface area contributed by atoms with Gasteiger partial charge in [-0.25, -0.2) is 0 Å². The van der Waals surface area contributed by atoms with Crippen LogP contribution in [0.1, 0.15) is 22.1 Å². The minimum atomic E-state index is 0.0206. The Balaban J connectivity index is 1.66. The molecular formula is C20H15ClN2O2S. The number of rotatable bonds is 5. The highest BCUT2D eigenvalue weighted by molar-refractivity contribution is 7.99. The summed E-state index contributed by atoms with van der Waals surface area (Å²) in [5.41, 5.74) is 3.08. The second-order valence-electron chi connectivity index (χ2n) is 5.72. The number of nitrogens with zero attached hydrogens (tertiary/aromatic N) is 2. The molecule has 6 heteroatoms. The number of aromatic nitrogens is 2. The standard InChI is InChI=1S/C20H15ClN2O2S/c1-13-17(11-12-24-13)19-22-23-20(25-19)26-18(14-5-3-2-4-6-14)15-7-9-16(21)10-8-15/h2-12,18H,1H3. The van der Waals surface area contributed by atoms with E-state index in [4.69, 9.17) is 20.4 Å². The average molecular weight is 383 g/mol. The van der Waals surface area contributed by atoms with Gasteiger partial charge in [-0.3, -0.25) is 0 Å². The van der Waals surface area contributed by atoms with Crippen molar-refractivity contribution in [3.63, 3.8) is 0 Å². The van der Waals surface area contributed by atoms with Crippen molar-refractivity contribution in [2.75, 3.05) is 0 Å². The lowest BCUT2D eigenvalue weighted by Gasteiger charge is -2.15. The van der Waals surface area contributed by atoms with Crippen molar-refractivity contribution in [1.82, 2.24) is 10.2 Å². The Bertz CT molecular complexity index is 996. The van der Waals surface area contributed by atoms with Crippen LogP contribution in [0.15, 0.2) is 81.0 Å². The molecule has 1 unspecified atom stereocenters. The lowest BCUT2D eigenvalue weighted by Crippen LogP contribution is -1.96. The molecule has 2 aromatic carbocycles. The van der Waals surface area contributed by atoms with Crippen LogP contribution >= 0.6 is 23.4 Å². The van der Waals surface area contributed by atoms with Crippen LogP contribution < -0.4 is 0 Å². The number of thioether (sulfide) groups is 1. The molecular weight excluding hydrogens is 368 g/mol. The van der Waals surface area contributed by atoms with Crippen molar-refractivity contribution < 1.29 is 8.83 Å². The summed E-state index contributed by atoms with van der Waals surface area (Å²) in [6, 6.07) is 19.9. The largest absolute Gasteiger partial charge is 0.469 e. The average Bonchev–Trinajstić information content (AvgIpc) is 3.30. The second kappa shape index (κ2) is 7.40. The second-order valence-corrected chi connectivity index (χ2v) is 7.22. The highest BCUT2D eigenvalue weighted by atomic mass is 35.5. The Morgan fingerprint density at radius 1 is 0.923 bits per heavy atom. The van der Waals surface area contributed by atoms with Gasteiger partial charge in [-0.15, -0.1) is 10.2 Å². The topological polar surface area (TPSA) is 52.1 Å². The van der Waals surface area contributed by atoms with Crippen molar-refractivity contribution in [3.8, 4) is 11.5 Å². The highest BCUT2D eigenvalue weighted by Crippen LogP contribution is 2.41. The van der Waals surface area contributed by atoms with E-state index >= 15 is 0 Å². The van der Waals surface area contributed by atoms with Gasteiger partial charge in [-0.05, 0) is 36.2 Å². The molecule has 0 aliphatic heterocycles. The zero-order chi connectivity index (χ0) is 17.9. The van der Waals surface area contributed by atoms with Gasteiger partial charge in [0.1, 0.15) is 5.76 Å². The van der Waals surface area contributed by atoms with Gasteiger partial charge < -0.3 is 8.83 Å². The lowest BCUT2D eigenvalue weighted by molar-refractivity contribution is 0.463. The van der Waals surface area contributed by atoms with Gasteiger partial charge in [0, 0.05) is 5.02 Å². The van der Waals surface area contributed by atoms with Crippen LogP contribution in [0.5, 0.6) is 0 Å². The Kier molecular flexibility index (Phi) is 4.82. The molecule has 130 valence electrons. The number of halogens is 1. The number of hydrogen-bond donors (Lipinski definition) is 0. The summed E-state index contributed by atoms with van der Waals surface area (Å²) < 4.78 is 11.2. The molecule has 0 saturated heterocycles. The Morgan fingerprint density at radius 3 is 2.35 bits per heavy atom. The molecule has 0 spiro atoms. The molecule has 0 fully saturated rings. The molecule has 0 aliphatic carbocycles. The number of furan rings is 1. The zero-order valence-corrected chi connectivity index (χ0v) is 15.5. The summed E-state index contributed by atoms with van der Waals surface area (Å²) in [4.78, 5) is 0. The number of hydrogen-bond acceptors (Lipinski definition) is 5. The smallest absolute Gasteiger partial charge is 0.277 e. The maximum absolute atomic E-state index is 6.04. The first-order valence-corrected chi connectivity index (χ1v) is 9.31. The third-order valence-electron chi connectivity index (χ3n) is 3.99. The fourth-order valence-corrected chi connectivity index (χ4v) is 3.80. The molecule has 2 aromatic heterocycles. The van der Waals surface area contributed by atoms with Gasteiger partial charge >= 0.3 is 0 Å². The number of benzene rings is 2. The van der Waals surface area contributed by atoms with E-state index in [1.54, 1.807) is 6.26 Å². The summed E-state index contributed by atoms with van der Waals surface area (Å²) in [6.45, 7) is 1.87. The first kappa shape index (κ1) is 16.9. The van der Waals surface area contributed by atoms with Crippen molar-refractivity contribution in [2.45, 2.75) is 17.4 Å². The van der Waals surface area contributed by atoms with E-state index in [1.807, 2.05) is 55.5 Å². The maximum Gasteiger partial charge on any atom is 0.277 e. The Labute approximate surface area is 160 Å². The van der Waals surface area contributed by atoms with Crippen LogP contribution in [0.25, 0.3) is 11.5 Å². The summed E-state index contributed by atoms with van der Waals surface area (Å²) in [5.74, 6) is 1.21. The molecule has 26 heavy (non-hydrogen) atoms. The molecule has 4 nitrogen and oxygen atoms in total. The van der Waals surface area contributed by atoms with Crippen molar-refractivity contribution in [1.29, 1.82) is 0 Å². The summed E-state index contributed by atoms with van der Waals surface area (Å²) in [7, 11) is 0. The summed E-state index contributed by atoms with van der Waals surface area (Å²) in [6.07, 6.45) is 1.61. The Hall–Kier alpha value is -2.50. The first-order chi connectivity index (χ1) is 12.7. The molecule has 0 bridgehead atoms. The molecule has 0 N–H and O–H groups in total. The summed E-state index contributed by atoms with van der Waals surface area (Å²) >= 11 is 7.55. The van der Waals surface area contributed by atoms with Gasteiger partial charge in [0.2, 0.25) is 0 Å². The van der Waals surface area contributed by atoms with Crippen LogP contribution in [-0.4, -0.2) is 10.2 Å². The Morgan fingerprint density at radius 2 is 1.65 bits per heavy atom. The predicted octanol–water partition coefficient (Wildman–Crippen LogP) is 6.17. The van der Waals surface area contributed by atoms with E-state index in [0.29, 0.717) is 16.1 Å². The van der Waals surface area contributed by atoms with E-state index in [2.05, 4.69) is 22.3 Å². The van der Waals surface area contributed by atoms with Crippen molar-refractivity contribution in [2.24, 2.45) is 0 Å². The molecule has 0 aliphatic rings. The van der Waals surface area contributed by atoms with Gasteiger partial charge in [0.05, 0.1) is 17.1 Å². The minimum Gasteiger partial charge on any atom is -0.469 e. The lowest BCUT2D eigenvalue weighted by atomic mass is 10.0. The third-order valence-corrected chi connectivity index (χ3v) is 5.39. The first-order valence-electron chi connectivity index (χ1n) is 8.06. The van der Waals surface area contributed by atoms with Crippen LogP contribution in [0.3, 0.4) is 0 Å². The fourth-order valence-electron chi connectivity index (χ4n) is 2.67. The van der Waals surface area contributed by atoms with E-state index in [-0.39, 0.29) is 5.25 Å².